The smallest absolute Gasteiger partial charge is 0.349 e. The molecule has 5 nitrogen and oxygen atoms in total. The van der Waals surface area contributed by atoms with Gasteiger partial charge in [-0.2, -0.15) is 4.98 Å². The van der Waals surface area contributed by atoms with Gasteiger partial charge in [-0.25, -0.2) is 4.79 Å². The molecular weight excluding hydrogens is 252 g/mol. The maximum Gasteiger partial charge on any atom is 0.349 e. The molecular formula is C9H5ClN2O3S. The molecule has 0 aliphatic carbocycles. The maximum atomic E-state index is 10.7. The molecule has 0 saturated heterocycles. The number of carboxylic acids is 1. The van der Waals surface area contributed by atoms with Gasteiger partial charge in [0.15, 0.2) is 10.0 Å². The Balaban J connectivity index is 2.23. The van der Waals surface area contributed by atoms with Crippen molar-refractivity contribution in [2.75, 3.05) is 0 Å². The third-order valence-electron chi connectivity index (χ3n) is 1.60. The van der Waals surface area contributed by atoms with E-state index in [0.717, 1.165) is 11.3 Å². The molecule has 0 amide bonds. The van der Waals surface area contributed by atoms with Crippen LogP contribution < -0.4 is 4.74 Å². The van der Waals surface area contributed by atoms with Crippen LogP contribution in [-0.2, 0) is 0 Å². The monoisotopic (exact) mass is 256 g/mol. The fourth-order valence-corrected chi connectivity index (χ4v) is 1.96. The van der Waals surface area contributed by atoms with Gasteiger partial charge in [0.05, 0.1) is 6.20 Å². The third-order valence-corrected chi connectivity index (χ3v) is 2.91. The SMILES string of the molecule is O=C(O)c1sc(Oc2cccnc2)nc1Cl. The number of aromatic carboxylic acids is 1. The summed E-state index contributed by atoms with van der Waals surface area (Å²) in [6.07, 6.45) is 3.10. The number of hydrogen-bond acceptors (Lipinski definition) is 5. The van der Waals surface area contributed by atoms with Crippen LogP contribution >= 0.6 is 22.9 Å². The summed E-state index contributed by atoms with van der Waals surface area (Å²) in [5, 5.41) is 8.87. The van der Waals surface area contributed by atoms with Crippen molar-refractivity contribution >= 4 is 28.9 Å². The second kappa shape index (κ2) is 4.46. The van der Waals surface area contributed by atoms with E-state index in [9.17, 15) is 4.79 Å². The van der Waals surface area contributed by atoms with E-state index in [1.807, 2.05) is 0 Å². The molecule has 0 unspecified atom stereocenters. The molecule has 2 aromatic rings. The number of pyridine rings is 1. The minimum Gasteiger partial charge on any atom is -0.477 e. The van der Waals surface area contributed by atoms with Gasteiger partial charge in [-0.05, 0) is 12.1 Å². The van der Waals surface area contributed by atoms with Crippen molar-refractivity contribution in [1.29, 1.82) is 0 Å². The number of hydrogen-bond donors (Lipinski definition) is 1. The molecule has 0 atom stereocenters. The first-order valence-corrected chi connectivity index (χ1v) is 5.34. The van der Waals surface area contributed by atoms with Crippen LogP contribution in [0.2, 0.25) is 5.15 Å². The molecule has 7 heteroatoms. The summed E-state index contributed by atoms with van der Waals surface area (Å²) >= 11 is 6.50. The predicted molar refractivity (Wildman–Crippen MR) is 58.4 cm³/mol. The second-order valence-corrected chi connectivity index (χ2v) is 4.02. The highest BCUT2D eigenvalue weighted by Gasteiger charge is 2.16. The Kier molecular flexibility index (Phi) is 3.02. The average Bonchev–Trinajstić information content (AvgIpc) is 2.61. The fraction of sp³-hybridized carbons (Fsp3) is 0. The van der Waals surface area contributed by atoms with Crippen molar-refractivity contribution in [1.82, 2.24) is 9.97 Å². The summed E-state index contributed by atoms with van der Waals surface area (Å²) in [6.45, 7) is 0. The van der Waals surface area contributed by atoms with E-state index < -0.39 is 5.97 Å². The van der Waals surface area contributed by atoms with Crippen LogP contribution in [-0.4, -0.2) is 21.0 Å². The zero-order chi connectivity index (χ0) is 11.5. The minimum atomic E-state index is -1.12. The summed E-state index contributed by atoms with van der Waals surface area (Å²) in [4.78, 5) is 18.3. The van der Waals surface area contributed by atoms with Gasteiger partial charge in [0.2, 0.25) is 0 Å². The zero-order valence-corrected chi connectivity index (χ0v) is 9.33. The Morgan fingerprint density at radius 1 is 1.56 bits per heavy atom. The molecule has 16 heavy (non-hydrogen) atoms. The number of halogens is 1. The van der Waals surface area contributed by atoms with Crippen LogP contribution in [0, 0.1) is 0 Å². The standard InChI is InChI=1S/C9H5ClN2O3S/c10-7-6(8(13)14)16-9(12-7)15-5-2-1-3-11-4-5/h1-4H,(H,13,14). The van der Waals surface area contributed by atoms with Gasteiger partial charge in [-0.3, -0.25) is 4.98 Å². The molecule has 0 spiro atoms. The molecule has 0 radical (unpaired) electrons. The number of ether oxygens (including phenoxy) is 1. The van der Waals surface area contributed by atoms with Crippen LogP contribution in [0.3, 0.4) is 0 Å². The van der Waals surface area contributed by atoms with Gasteiger partial charge in [0, 0.05) is 6.20 Å². The molecule has 0 aliphatic heterocycles. The molecule has 2 heterocycles. The molecule has 0 aliphatic rings. The van der Waals surface area contributed by atoms with E-state index in [2.05, 4.69) is 9.97 Å². The summed E-state index contributed by atoms with van der Waals surface area (Å²) < 4.78 is 5.29. The molecule has 1 N–H and O–H groups in total. The van der Waals surface area contributed by atoms with E-state index in [4.69, 9.17) is 21.4 Å². The van der Waals surface area contributed by atoms with Crippen LogP contribution in [0.15, 0.2) is 24.5 Å². The lowest BCUT2D eigenvalue weighted by atomic mass is 10.5. The number of thiazole rings is 1. The fourth-order valence-electron chi connectivity index (χ4n) is 0.967. The lowest BCUT2D eigenvalue weighted by Gasteiger charge is -1.98. The van der Waals surface area contributed by atoms with Gasteiger partial charge in [0.25, 0.3) is 5.19 Å². The lowest BCUT2D eigenvalue weighted by molar-refractivity contribution is 0.0702. The molecule has 0 aromatic carbocycles. The molecule has 0 fully saturated rings. The molecule has 0 bridgehead atoms. The van der Waals surface area contributed by atoms with E-state index >= 15 is 0 Å². The highest BCUT2D eigenvalue weighted by atomic mass is 35.5. The summed E-state index contributed by atoms with van der Waals surface area (Å²) in [6, 6.07) is 3.38. The summed E-state index contributed by atoms with van der Waals surface area (Å²) in [5.74, 6) is -0.645. The van der Waals surface area contributed by atoms with Crippen LogP contribution in [0.4, 0.5) is 0 Å². The zero-order valence-electron chi connectivity index (χ0n) is 7.75. The van der Waals surface area contributed by atoms with E-state index in [-0.39, 0.29) is 15.2 Å². The van der Waals surface area contributed by atoms with Gasteiger partial charge < -0.3 is 9.84 Å². The Morgan fingerprint density at radius 2 is 2.38 bits per heavy atom. The molecule has 0 saturated carbocycles. The second-order valence-electron chi connectivity index (χ2n) is 2.70. The predicted octanol–water partition coefficient (Wildman–Crippen LogP) is 2.68. The van der Waals surface area contributed by atoms with Crippen molar-refractivity contribution in [2.24, 2.45) is 0 Å². The lowest BCUT2D eigenvalue weighted by Crippen LogP contribution is -1.91. The van der Waals surface area contributed by atoms with Crippen molar-refractivity contribution in [3.63, 3.8) is 0 Å². The van der Waals surface area contributed by atoms with Crippen molar-refractivity contribution < 1.29 is 14.6 Å². The van der Waals surface area contributed by atoms with Crippen LogP contribution in [0.1, 0.15) is 9.67 Å². The van der Waals surface area contributed by atoms with Gasteiger partial charge in [-0.15, -0.1) is 0 Å². The summed E-state index contributed by atoms with van der Waals surface area (Å²) in [5.41, 5.74) is 0. The summed E-state index contributed by atoms with van der Waals surface area (Å²) in [7, 11) is 0. The number of carbonyl (C=O) groups is 1. The molecule has 2 rings (SSSR count). The minimum absolute atomic E-state index is 0.0412. The van der Waals surface area contributed by atoms with Crippen molar-refractivity contribution in [3.8, 4) is 10.9 Å². The van der Waals surface area contributed by atoms with Crippen molar-refractivity contribution in [2.45, 2.75) is 0 Å². The Bertz CT molecular complexity index is 515. The molecule has 2 aromatic heterocycles. The van der Waals surface area contributed by atoms with Crippen LogP contribution in [0.25, 0.3) is 0 Å². The number of carboxylic acid groups (broad SMARTS) is 1. The number of aromatic nitrogens is 2. The highest BCUT2D eigenvalue weighted by molar-refractivity contribution is 7.15. The first kappa shape index (κ1) is 10.8. The van der Waals surface area contributed by atoms with E-state index in [0.29, 0.717) is 5.75 Å². The van der Waals surface area contributed by atoms with Gasteiger partial charge >= 0.3 is 5.97 Å². The molecule has 82 valence electrons. The highest BCUT2D eigenvalue weighted by Crippen LogP contribution is 2.31. The number of nitrogens with zero attached hydrogens (tertiary/aromatic N) is 2. The quantitative estimate of drug-likeness (QED) is 0.914. The Labute approximate surface area is 99.3 Å². The first-order chi connectivity index (χ1) is 7.66. The third kappa shape index (κ3) is 2.29. The topological polar surface area (TPSA) is 72.3 Å². The normalized spacial score (nSPS) is 10.1. The van der Waals surface area contributed by atoms with E-state index in [1.54, 1.807) is 18.3 Å². The maximum absolute atomic E-state index is 10.7. The van der Waals surface area contributed by atoms with Gasteiger partial charge in [-0.1, -0.05) is 22.9 Å². The Morgan fingerprint density at radius 3 is 2.94 bits per heavy atom. The van der Waals surface area contributed by atoms with Crippen LogP contribution in [0.5, 0.6) is 10.9 Å². The van der Waals surface area contributed by atoms with E-state index in [1.165, 1.54) is 6.20 Å². The largest absolute Gasteiger partial charge is 0.477 e. The number of rotatable bonds is 3. The average molecular weight is 257 g/mol. The van der Waals surface area contributed by atoms with Crippen molar-refractivity contribution in [3.05, 3.63) is 34.6 Å². The van der Waals surface area contributed by atoms with Gasteiger partial charge in [0.1, 0.15) is 5.75 Å². The Hall–Kier alpha value is -1.66. The first-order valence-electron chi connectivity index (χ1n) is 4.14.